The molecule has 3 N–H and O–H groups in total. The van der Waals surface area contributed by atoms with Gasteiger partial charge in [0.15, 0.2) is 0 Å². The van der Waals surface area contributed by atoms with E-state index < -0.39 is 10.0 Å². The molecule has 0 amide bonds. The van der Waals surface area contributed by atoms with Crippen molar-refractivity contribution in [2.24, 2.45) is 5.73 Å². The van der Waals surface area contributed by atoms with Gasteiger partial charge in [0.2, 0.25) is 0 Å². The monoisotopic (exact) mass is 366 g/mol. The quantitative estimate of drug-likeness (QED) is 0.822. The first-order chi connectivity index (χ1) is 9.92. The van der Waals surface area contributed by atoms with Gasteiger partial charge in [0.25, 0.3) is 10.0 Å². The third-order valence-corrected chi connectivity index (χ3v) is 5.54. The summed E-state index contributed by atoms with van der Waals surface area (Å²) in [6.45, 7) is 0.805. The molecule has 0 saturated heterocycles. The molecule has 1 aromatic carbocycles. The van der Waals surface area contributed by atoms with E-state index in [2.05, 4.69) is 4.72 Å². The normalized spacial score (nSPS) is 11.4. The standard InChI is InChI=1S/C12H12Cl2N2O3S2/c13-11-7-10(12(14)20-11)21(17,18)16-8-1-3-9(4-2-8)19-6-5-15/h1-4,7,16H,5-6,15H2. The lowest BCUT2D eigenvalue weighted by Gasteiger charge is -2.08. The summed E-state index contributed by atoms with van der Waals surface area (Å²) >= 11 is 12.6. The van der Waals surface area contributed by atoms with E-state index in [-0.39, 0.29) is 9.23 Å². The molecule has 114 valence electrons. The van der Waals surface area contributed by atoms with E-state index in [0.717, 1.165) is 11.3 Å². The van der Waals surface area contributed by atoms with Gasteiger partial charge in [-0.3, -0.25) is 4.72 Å². The van der Waals surface area contributed by atoms with Gasteiger partial charge in [-0.05, 0) is 30.3 Å². The van der Waals surface area contributed by atoms with Gasteiger partial charge in [0.05, 0.1) is 4.34 Å². The number of ether oxygens (including phenoxy) is 1. The minimum Gasteiger partial charge on any atom is -0.492 e. The molecule has 2 rings (SSSR count). The SMILES string of the molecule is NCCOc1ccc(NS(=O)(=O)c2cc(Cl)sc2Cl)cc1. The number of benzene rings is 1. The second-order valence-corrected chi connectivity index (χ2v) is 7.89. The highest BCUT2D eigenvalue weighted by molar-refractivity contribution is 7.93. The maximum absolute atomic E-state index is 12.2. The van der Waals surface area contributed by atoms with Gasteiger partial charge < -0.3 is 10.5 Å². The Bertz CT molecular complexity index is 715. The molecule has 1 heterocycles. The van der Waals surface area contributed by atoms with Crippen LogP contribution >= 0.6 is 34.5 Å². The average Bonchev–Trinajstić information content (AvgIpc) is 2.77. The first-order valence-corrected chi connectivity index (χ1v) is 8.88. The summed E-state index contributed by atoms with van der Waals surface area (Å²) in [6.07, 6.45) is 0. The van der Waals surface area contributed by atoms with Crippen molar-refractivity contribution in [3.8, 4) is 5.75 Å². The van der Waals surface area contributed by atoms with Crippen molar-refractivity contribution in [1.29, 1.82) is 0 Å². The second-order valence-electron chi connectivity index (χ2n) is 3.96. The number of halogens is 2. The number of anilines is 1. The minimum atomic E-state index is -3.77. The molecule has 1 aromatic heterocycles. The summed E-state index contributed by atoms with van der Waals surface area (Å²) in [7, 11) is -3.77. The molecule has 0 unspecified atom stereocenters. The summed E-state index contributed by atoms with van der Waals surface area (Å²) in [6, 6.07) is 7.79. The van der Waals surface area contributed by atoms with Crippen LogP contribution in [-0.2, 0) is 10.0 Å². The zero-order valence-corrected chi connectivity index (χ0v) is 13.8. The lowest BCUT2D eigenvalue weighted by molar-refractivity contribution is 0.328. The minimum absolute atomic E-state index is 0.0392. The van der Waals surface area contributed by atoms with Crippen LogP contribution < -0.4 is 15.2 Å². The topological polar surface area (TPSA) is 81.4 Å². The fourth-order valence-corrected chi connectivity index (χ4v) is 4.72. The van der Waals surface area contributed by atoms with Crippen LogP contribution in [0.3, 0.4) is 0 Å². The Morgan fingerprint density at radius 2 is 1.90 bits per heavy atom. The number of hydrogen-bond donors (Lipinski definition) is 2. The lowest BCUT2D eigenvalue weighted by Crippen LogP contribution is -2.13. The summed E-state index contributed by atoms with van der Waals surface area (Å²) in [5, 5.41) is 0. The van der Waals surface area contributed by atoms with Crippen molar-refractivity contribution in [2.45, 2.75) is 4.90 Å². The van der Waals surface area contributed by atoms with Crippen LogP contribution in [0, 0.1) is 0 Å². The molecule has 5 nitrogen and oxygen atoms in total. The number of nitrogens with one attached hydrogen (secondary N) is 1. The third kappa shape index (κ3) is 4.24. The largest absolute Gasteiger partial charge is 0.492 e. The average molecular weight is 367 g/mol. The zero-order valence-electron chi connectivity index (χ0n) is 10.7. The number of thiophene rings is 1. The Hall–Kier alpha value is -0.990. The van der Waals surface area contributed by atoms with Crippen LogP contribution in [0.4, 0.5) is 5.69 Å². The van der Waals surface area contributed by atoms with E-state index in [1.807, 2.05) is 0 Å². The first kappa shape index (κ1) is 16.4. The van der Waals surface area contributed by atoms with Crippen molar-refractivity contribution in [2.75, 3.05) is 17.9 Å². The van der Waals surface area contributed by atoms with Crippen LogP contribution in [0.2, 0.25) is 8.67 Å². The fraction of sp³-hybridized carbons (Fsp3) is 0.167. The van der Waals surface area contributed by atoms with Gasteiger partial charge in [0, 0.05) is 12.2 Å². The van der Waals surface area contributed by atoms with Crippen molar-refractivity contribution in [3.05, 3.63) is 39.0 Å². The number of sulfonamides is 1. The molecule has 0 atom stereocenters. The molecular formula is C12H12Cl2N2O3S2. The number of hydrogen-bond acceptors (Lipinski definition) is 5. The van der Waals surface area contributed by atoms with Crippen molar-refractivity contribution in [1.82, 2.24) is 0 Å². The highest BCUT2D eigenvalue weighted by atomic mass is 35.5. The van der Waals surface area contributed by atoms with E-state index in [9.17, 15) is 8.42 Å². The summed E-state index contributed by atoms with van der Waals surface area (Å²) in [5.74, 6) is 0.611. The summed E-state index contributed by atoms with van der Waals surface area (Å²) in [4.78, 5) is -0.0392. The number of rotatable bonds is 6. The molecule has 0 aliphatic rings. The lowest BCUT2D eigenvalue weighted by atomic mass is 10.3. The van der Waals surface area contributed by atoms with Gasteiger partial charge in [-0.15, -0.1) is 11.3 Å². The molecule has 2 aromatic rings. The Balaban J connectivity index is 2.15. The maximum atomic E-state index is 12.2. The molecule has 21 heavy (non-hydrogen) atoms. The van der Waals surface area contributed by atoms with Crippen LogP contribution in [0.25, 0.3) is 0 Å². The molecule has 0 aliphatic carbocycles. The van der Waals surface area contributed by atoms with E-state index in [1.165, 1.54) is 6.07 Å². The Labute approximate surface area is 136 Å². The molecule has 0 bridgehead atoms. The molecule has 0 aliphatic heterocycles. The third-order valence-electron chi connectivity index (χ3n) is 2.41. The van der Waals surface area contributed by atoms with E-state index in [4.69, 9.17) is 33.7 Å². The van der Waals surface area contributed by atoms with Gasteiger partial charge in [-0.2, -0.15) is 0 Å². The molecule has 0 fully saturated rings. The molecule has 0 spiro atoms. The highest BCUT2D eigenvalue weighted by Gasteiger charge is 2.21. The molecule has 9 heteroatoms. The Morgan fingerprint density at radius 1 is 1.24 bits per heavy atom. The zero-order chi connectivity index (χ0) is 15.5. The van der Waals surface area contributed by atoms with Gasteiger partial charge in [-0.1, -0.05) is 23.2 Å². The fourth-order valence-electron chi connectivity index (χ4n) is 1.51. The van der Waals surface area contributed by atoms with Crippen LogP contribution in [0.5, 0.6) is 5.75 Å². The molecular weight excluding hydrogens is 355 g/mol. The first-order valence-electron chi connectivity index (χ1n) is 5.83. The van der Waals surface area contributed by atoms with E-state index in [0.29, 0.717) is 28.9 Å². The Morgan fingerprint density at radius 3 is 2.43 bits per heavy atom. The maximum Gasteiger partial charge on any atom is 0.264 e. The van der Waals surface area contributed by atoms with E-state index >= 15 is 0 Å². The highest BCUT2D eigenvalue weighted by Crippen LogP contribution is 2.35. The molecule has 0 radical (unpaired) electrons. The van der Waals surface area contributed by atoms with Gasteiger partial charge in [0.1, 0.15) is 21.6 Å². The summed E-state index contributed by atoms with van der Waals surface area (Å²) < 4.78 is 32.6. The van der Waals surface area contributed by atoms with Crippen LogP contribution in [-0.4, -0.2) is 21.6 Å². The summed E-state index contributed by atoms with van der Waals surface area (Å²) in [5.41, 5.74) is 5.73. The van der Waals surface area contributed by atoms with Gasteiger partial charge in [-0.25, -0.2) is 8.42 Å². The molecule has 0 saturated carbocycles. The van der Waals surface area contributed by atoms with Crippen LogP contribution in [0.1, 0.15) is 0 Å². The Kier molecular flexibility index (Phi) is 5.34. The second kappa shape index (κ2) is 6.85. The predicted octanol–water partition coefficient (Wildman–Crippen LogP) is 3.19. The van der Waals surface area contributed by atoms with Crippen molar-refractivity contribution >= 4 is 50.2 Å². The van der Waals surface area contributed by atoms with Crippen molar-refractivity contribution < 1.29 is 13.2 Å². The smallest absolute Gasteiger partial charge is 0.264 e. The predicted molar refractivity (Wildman–Crippen MR) is 86.1 cm³/mol. The van der Waals surface area contributed by atoms with Crippen molar-refractivity contribution in [3.63, 3.8) is 0 Å². The van der Waals surface area contributed by atoms with Crippen LogP contribution in [0.15, 0.2) is 35.2 Å². The van der Waals surface area contributed by atoms with Gasteiger partial charge >= 0.3 is 0 Å². The number of nitrogens with two attached hydrogens (primary N) is 1. The van der Waals surface area contributed by atoms with E-state index in [1.54, 1.807) is 24.3 Å².